The summed E-state index contributed by atoms with van der Waals surface area (Å²) in [6.45, 7) is 0. The molecule has 0 aliphatic carbocycles. The first-order valence-electron chi connectivity index (χ1n) is 4.70. The van der Waals surface area contributed by atoms with E-state index in [1.807, 2.05) is 0 Å². The first-order chi connectivity index (χ1) is 8.13. The minimum absolute atomic E-state index is 0.113. The van der Waals surface area contributed by atoms with Gasteiger partial charge >= 0.3 is 0 Å². The highest BCUT2D eigenvalue weighted by molar-refractivity contribution is 9.10. The Kier molecular flexibility index (Phi) is 3.14. The van der Waals surface area contributed by atoms with Crippen LogP contribution in [0.5, 0.6) is 5.75 Å². The number of ether oxygens (including phenoxy) is 1. The molecule has 0 spiro atoms. The van der Waals surface area contributed by atoms with Crippen molar-refractivity contribution < 1.29 is 13.9 Å². The standard InChI is InChI=1S/C11H9BrN2O3/c1-16-8-3-2-6(4-7(8)12)10-9(11(13)15)14-5-17-10/h2-5H,1H3,(H2,13,15). The number of primary amides is 1. The van der Waals surface area contributed by atoms with Crippen LogP contribution in [-0.4, -0.2) is 18.0 Å². The van der Waals surface area contributed by atoms with Crippen LogP contribution in [0.25, 0.3) is 11.3 Å². The maximum absolute atomic E-state index is 11.1. The molecule has 0 aliphatic heterocycles. The first kappa shape index (κ1) is 11.7. The molecule has 17 heavy (non-hydrogen) atoms. The minimum Gasteiger partial charge on any atom is -0.496 e. The van der Waals surface area contributed by atoms with Crippen molar-refractivity contribution in [2.75, 3.05) is 7.11 Å². The largest absolute Gasteiger partial charge is 0.496 e. The highest BCUT2D eigenvalue weighted by atomic mass is 79.9. The van der Waals surface area contributed by atoms with Gasteiger partial charge < -0.3 is 14.9 Å². The van der Waals surface area contributed by atoms with Gasteiger partial charge in [-0.2, -0.15) is 0 Å². The molecule has 2 aromatic rings. The first-order valence-corrected chi connectivity index (χ1v) is 5.50. The Hall–Kier alpha value is -1.82. The molecule has 0 saturated heterocycles. The fourth-order valence-electron chi connectivity index (χ4n) is 1.43. The molecule has 2 rings (SSSR count). The maximum atomic E-state index is 11.1. The lowest BCUT2D eigenvalue weighted by Crippen LogP contribution is -2.12. The fraction of sp³-hybridized carbons (Fsp3) is 0.0909. The van der Waals surface area contributed by atoms with Crippen LogP contribution >= 0.6 is 15.9 Å². The van der Waals surface area contributed by atoms with E-state index >= 15 is 0 Å². The molecule has 1 heterocycles. The second-order valence-corrected chi connectivity index (χ2v) is 4.10. The van der Waals surface area contributed by atoms with Gasteiger partial charge in [0, 0.05) is 5.56 Å². The summed E-state index contributed by atoms with van der Waals surface area (Å²) in [5, 5.41) is 0. The number of methoxy groups -OCH3 is 1. The topological polar surface area (TPSA) is 78.3 Å². The quantitative estimate of drug-likeness (QED) is 0.942. The highest BCUT2D eigenvalue weighted by Crippen LogP contribution is 2.31. The summed E-state index contributed by atoms with van der Waals surface area (Å²) in [6.07, 6.45) is 1.19. The molecule has 1 amide bonds. The van der Waals surface area contributed by atoms with Gasteiger partial charge in [0.05, 0.1) is 11.6 Å². The van der Waals surface area contributed by atoms with Crippen LogP contribution in [0, 0.1) is 0 Å². The zero-order valence-electron chi connectivity index (χ0n) is 8.94. The number of carbonyl (C=O) groups excluding carboxylic acids is 1. The third-order valence-electron chi connectivity index (χ3n) is 2.21. The molecule has 0 atom stereocenters. The van der Waals surface area contributed by atoms with Crippen LogP contribution in [0.3, 0.4) is 0 Å². The van der Waals surface area contributed by atoms with Gasteiger partial charge in [-0.05, 0) is 34.1 Å². The summed E-state index contributed by atoms with van der Waals surface area (Å²) >= 11 is 3.35. The lowest BCUT2D eigenvalue weighted by Gasteiger charge is -2.04. The molecule has 5 nitrogen and oxygen atoms in total. The third kappa shape index (κ3) is 2.16. The summed E-state index contributed by atoms with van der Waals surface area (Å²) in [5.74, 6) is 0.412. The Labute approximate surface area is 106 Å². The van der Waals surface area contributed by atoms with Crippen molar-refractivity contribution in [1.29, 1.82) is 0 Å². The van der Waals surface area contributed by atoms with Crippen molar-refractivity contribution in [2.24, 2.45) is 5.73 Å². The number of halogens is 1. The number of carbonyl (C=O) groups is 1. The zero-order valence-corrected chi connectivity index (χ0v) is 10.5. The van der Waals surface area contributed by atoms with E-state index in [9.17, 15) is 4.79 Å². The SMILES string of the molecule is COc1ccc(-c2ocnc2C(N)=O)cc1Br. The van der Waals surface area contributed by atoms with Crippen LogP contribution < -0.4 is 10.5 Å². The molecule has 0 unspecified atom stereocenters. The summed E-state index contributed by atoms with van der Waals surface area (Å²) in [5.41, 5.74) is 6.00. The van der Waals surface area contributed by atoms with Gasteiger partial charge in [0.25, 0.3) is 5.91 Å². The van der Waals surface area contributed by atoms with Gasteiger partial charge in [0.15, 0.2) is 17.8 Å². The van der Waals surface area contributed by atoms with Crippen molar-refractivity contribution in [3.8, 4) is 17.1 Å². The van der Waals surface area contributed by atoms with E-state index in [1.54, 1.807) is 25.3 Å². The van der Waals surface area contributed by atoms with Crippen molar-refractivity contribution in [3.05, 3.63) is 34.8 Å². The molecule has 1 aromatic carbocycles. The van der Waals surface area contributed by atoms with Crippen LogP contribution in [0.15, 0.2) is 33.5 Å². The summed E-state index contributed by atoms with van der Waals surface area (Å²) in [6, 6.07) is 5.29. The van der Waals surface area contributed by atoms with E-state index in [4.69, 9.17) is 14.9 Å². The summed E-state index contributed by atoms with van der Waals surface area (Å²) in [7, 11) is 1.57. The molecule has 1 aromatic heterocycles. The molecular weight excluding hydrogens is 288 g/mol. The van der Waals surface area contributed by atoms with Gasteiger partial charge in [-0.1, -0.05) is 0 Å². The van der Waals surface area contributed by atoms with Crippen LogP contribution in [-0.2, 0) is 0 Å². The molecule has 0 radical (unpaired) electrons. The number of hydrogen-bond donors (Lipinski definition) is 1. The Bertz CT molecular complexity index is 566. The van der Waals surface area contributed by atoms with Gasteiger partial charge in [-0.15, -0.1) is 0 Å². The Balaban J connectivity index is 2.50. The molecule has 0 aliphatic rings. The Morgan fingerprint density at radius 1 is 1.53 bits per heavy atom. The van der Waals surface area contributed by atoms with Crippen LogP contribution in [0.4, 0.5) is 0 Å². The summed E-state index contributed by atoms with van der Waals surface area (Å²) in [4.78, 5) is 14.9. The predicted octanol–water partition coefficient (Wildman–Crippen LogP) is 2.21. The Morgan fingerprint density at radius 3 is 2.88 bits per heavy atom. The smallest absolute Gasteiger partial charge is 0.271 e. The molecule has 88 valence electrons. The average molecular weight is 297 g/mol. The molecular formula is C11H9BrN2O3. The highest BCUT2D eigenvalue weighted by Gasteiger charge is 2.16. The monoisotopic (exact) mass is 296 g/mol. The summed E-state index contributed by atoms with van der Waals surface area (Å²) < 4.78 is 11.0. The van der Waals surface area contributed by atoms with Crippen LogP contribution in [0.2, 0.25) is 0 Å². The van der Waals surface area contributed by atoms with Crippen LogP contribution in [0.1, 0.15) is 10.5 Å². The number of rotatable bonds is 3. The van der Waals surface area contributed by atoms with Crippen molar-refractivity contribution in [1.82, 2.24) is 4.98 Å². The maximum Gasteiger partial charge on any atom is 0.271 e. The van der Waals surface area contributed by atoms with E-state index in [-0.39, 0.29) is 5.69 Å². The van der Waals surface area contributed by atoms with Crippen molar-refractivity contribution in [3.63, 3.8) is 0 Å². The van der Waals surface area contributed by atoms with E-state index < -0.39 is 5.91 Å². The molecule has 6 heteroatoms. The number of nitrogens with two attached hydrogens (primary N) is 1. The Morgan fingerprint density at radius 2 is 2.29 bits per heavy atom. The van der Waals surface area contributed by atoms with Gasteiger partial charge in [0.1, 0.15) is 5.75 Å². The second kappa shape index (κ2) is 4.58. The lowest BCUT2D eigenvalue weighted by molar-refractivity contribution is 0.0996. The number of aromatic nitrogens is 1. The van der Waals surface area contributed by atoms with E-state index in [2.05, 4.69) is 20.9 Å². The third-order valence-corrected chi connectivity index (χ3v) is 2.83. The van der Waals surface area contributed by atoms with E-state index in [1.165, 1.54) is 6.39 Å². The van der Waals surface area contributed by atoms with E-state index in [0.717, 1.165) is 4.47 Å². The number of hydrogen-bond acceptors (Lipinski definition) is 4. The molecule has 0 saturated carbocycles. The zero-order chi connectivity index (χ0) is 12.4. The number of nitrogens with zero attached hydrogens (tertiary/aromatic N) is 1. The van der Waals surface area contributed by atoms with Crippen molar-refractivity contribution >= 4 is 21.8 Å². The molecule has 2 N–H and O–H groups in total. The van der Waals surface area contributed by atoms with Gasteiger partial charge in [-0.3, -0.25) is 4.79 Å². The van der Waals surface area contributed by atoms with Crippen molar-refractivity contribution in [2.45, 2.75) is 0 Å². The number of amides is 1. The fourth-order valence-corrected chi connectivity index (χ4v) is 1.97. The molecule has 0 bridgehead atoms. The lowest BCUT2D eigenvalue weighted by atomic mass is 10.1. The predicted molar refractivity (Wildman–Crippen MR) is 64.7 cm³/mol. The minimum atomic E-state index is -0.624. The van der Waals surface area contributed by atoms with Gasteiger partial charge in [-0.25, -0.2) is 4.98 Å². The average Bonchev–Trinajstić information content (AvgIpc) is 2.77. The normalized spacial score (nSPS) is 10.2. The van der Waals surface area contributed by atoms with E-state index in [0.29, 0.717) is 17.1 Å². The second-order valence-electron chi connectivity index (χ2n) is 3.24. The number of oxazole rings is 1. The number of benzene rings is 1. The molecule has 0 fully saturated rings. The van der Waals surface area contributed by atoms with Gasteiger partial charge in [0.2, 0.25) is 0 Å².